The Labute approximate surface area is 163 Å². The number of nitrogens with one attached hydrogen (secondary N) is 2. The predicted octanol–water partition coefficient (Wildman–Crippen LogP) is 1.48. The number of methoxy groups -OCH3 is 1. The number of carbonyl (C=O) groups is 3. The van der Waals surface area contributed by atoms with Crippen LogP contribution in [0, 0.1) is 0 Å². The first kappa shape index (κ1) is 20.8. The van der Waals surface area contributed by atoms with Gasteiger partial charge in [-0.05, 0) is 23.3 Å². The molecule has 0 radical (unpaired) electrons. The molecule has 0 aliphatic carbocycles. The van der Waals surface area contributed by atoms with E-state index >= 15 is 0 Å². The Morgan fingerprint density at radius 3 is 2.29 bits per heavy atom. The highest BCUT2D eigenvalue weighted by Gasteiger charge is 2.23. The van der Waals surface area contributed by atoms with Gasteiger partial charge in [-0.25, -0.2) is 4.79 Å². The van der Waals surface area contributed by atoms with E-state index in [0.29, 0.717) is 5.75 Å². The molecule has 0 heterocycles. The minimum Gasteiger partial charge on any atom is -0.497 e. The van der Waals surface area contributed by atoms with E-state index in [-0.39, 0.29) is 19.6 Å². The molecule has 0 aromatic heterocycles. The summed E-state index contributed by atoms with van der Waals surface area (Å²) in [6, 6.07) is 15.1. The Kier molecular flexibility index (Phi) is 7.83. The van der Waals surface area contributed by atoms with Crippen molar-refractivity contribution in [2.24, 2.45) is 5.73 Å². The molecule has 0 spiro atoms. The molecule has 0 aliphatic heterocycles. The number of rotatable bonds is 9. The van der Waals surface area contributed by atoms with E-state index in [0.717, 1.165) is 11.1 Å². The average molecular weight is 385 g/mol. The van der Waals surface area contributed by atoms with Crippen LogP contribution in [0.15, 0.2) is 54.6 Å². The standard InChI is InChI=1S/C20H23N3O5/c1-27-16-9-7-14(8-10-16)12-22-19(25)17(11-18(21)24)23-20(26)28-13-15-5-3-2-4-6-15/h2-10,17H,11-13H2,1H3,(H2,21,24)(H,22,25)(H,23,26)/t17-/m0/s1. The van der Waals surface area contributed by atoms with Gasteiger partial charge in [-0.2, -0.15) is 0 Å². The highest BCUT2D eigenvalue weighted by Crippen LogP contribution is 2.11. The number of hydrogen-bond donors (Lipinski definition) is 3. The number of nitrogens with two attached hydrogens (primary N) is 1. The number of primary amides is 1. The van der Waals surface area contributed by atoms with Crippen LogP contribution in [0.25, 0.3) is 0 Å². The van der Waals surface area contributed by atoms with Gasteiger partial charge in [0.2, 0.25) is 11.8 Å². The highest BCUT2D eigenvalue weighted by molar-refractivity contribution is 5.90. The lowest BCUT2D eigenvalue weighted by Gasteiger charge is -2.17. The second kappa shape index (κ2) is 10.6. The summed E-state index contributed by atoms with van der Waals surface area (Å²) in [6.07, 6.45) is -1.15. The zero-order valence-corrected chi connectivity index (χ0v) is 15.5. The van der Waals surface area contributed by atoms with Crippen molar-refractivity contribution in [2.75, 3.05) is 7.11 Å². The number of amides is 3. The Hall–Kier alpha value is -3.55. The lowest BCUT2D eigenvalue weighted by atomic mass is 10.1. The summed E-state index contributed by atoms with van der Waals surface area (Å²) in [6.45, 7) is 0.266. The second-order valence-electron chi connectivity index (χ2n) is 5.99. The normalized spacial score (nSPS) is 11.2. The van der Waals surface area contributed by atoms with Crippen LogP contribution >= 0.6 is 0 Å². The molecule has 2 rings (SSSR count). The van der Waals surface area contributed by atoms with E-state index in [1.807, 2.05) is 18.2 Å². The molecule has 0 aliphatic rings. The number of carbonyl (C=O) groups excluding carboxylic acids is 3. The summed E-state index contributed by atoms with van der Waals surface area (Å²) in [4.78, 5) is 35.6. The van der Waals surface area contributed by atoms with Crippen molar-refractivity contribution < 1.29 is 23.9 Å². The van der Waals surface area contributed by atoms with E-state index in [1.54, 1.807) is 43.5 Å². The van der Waals surface area contributed by atoms with Gasteiger partial charge in [0.25, 0.3) is 0 Å². The number of alkyl carbamates (subject to hydrolysis) is 1. The SMILES string of the molecule is COc1ccc(CNC(=O)[C@H](CC(N)=O)NC(=O)OCc2ccccc2)cc1. The molecule has 0 bridgehead atoms. The summed E-state index contributed by atoms with van der Waals surface area (Å²) in [7, 11) is 1.56. The van der Waals surface area contributed by atoms with Gasteiger partial charge in [0, 0.05) is 6.54 Å². The largest absolute Gasteiger partial charge is 0.497 e. The number of hydrogen-bond acceptors (Lipinski definition) is 5. The number of ether oxygens (including phenoxy) is 2. The summed E-state index contributed by atoms with van der Waals surface area (Å²) < 4.78 is 10.2. The van der Waals surface area contributed by atoms with Crippen molar-refractivity contribution in [3.8, 4) is 5.75 Å². The fourth-order valence-corrected chi connectivity index (χ4v) is 2.37. The van der Waals surface area contributed by atoms with E-state index < -0.39 is 23.9 Å². The van der Waals surface area contributed by atoms with Crippen molar-refractivity contribution in [1.29, 1.82) is 0 Å². The van der Waals surface area contributed by atoms with Crippen LogP contribution in [0.4, 0.5) is 4.79 Å². The smallest absolute Gasteiger partial charge is 0.408 e. The van der Waals surface area contributed by atoms with Crippen molar-refractivity contribution in [1.82, 2.24) is 10.6 Å². The van der Waals surface area contributed by atoms with Crippen LogP contribution in [0.2, 0.25) is 0 Å². The maximum atomic E-state index is 12.4. The monoisotopic (exact) mass is 385 g/mol. The molecular weight excluding hydrogens is 362 g/mol. The average Bonchev–Trinajstić information content (AvgIpc) is 2.71. The molecule has 0 unspecified atom stereocenters. The maximum Gasteiger partial charge on any atom is 0.408 e. The molecule has 148 valence electrons. The molecular formula is C20H23N3O5. The van der Waals surface area contributed by atoms with E-state index in [4.69, 9.17) is 15.2 Å². The maximum absolute atomic E-state index is 12.4. The predicted molar refractivity (Wildman–Crippen MR) is 102 cm³/mol. The molecule has 0 saturated carbocycles. The van der Waals surface area contributed by atoms with Gasteiger partial charge >= 0.3 is 6.09 Å². The fraction of sp³-hybridized carbons (Fsp3) is 0.250. The first-order valence-electron chi connectivity index (χ1n) is 8.64. The van der Waals surface area contributed by atoms with Gasteiger partial charge in [0.1, 0.15) is 18.4 Å². The molecule has 2 aromatic rings. The van der Waals surface area contributed by atoms with Crippen LogP contribution in [0.1, 0.15) is 17.5 Å². The third kappa shape index (κ3) is 6.99. The highest BCUT2D eigenvalue weighted by atomic mass is 16.5. The lowest BCUT2D eigenvalue weighted by Crippen LogP contribution is -2.48. The van der Waals surface area contributed by atoms with Crippen LogP contribution in [-0.4, -0.2) is 31.1 Å². The first-order chi connectivity index (χ1) is 13.5. The molecule has 8 heteroatoms. The van der Waals surface area contributed by atoms with Crippen LogP contribution in [-0.2, 0) is 27.5 Å². The van der Waals surface area contributed by atoms with Gasteiger partial charge in [-0.1, -0.05) is 42.5 Å². The van der Waals surface area contributed by atoms with Crippen molar-refractivity contribution in [3.05, 3.63) is 65.7 Å². The minimum atomic E-state index is -1.13. The fourth-order valence-electron chi connectivity index (χ4n) is 2.37. The zero-order valence-electron chi connectivity index (χ0n) is 15.5. The summed E-state index contributed by atoms with van der Waals surface area (Å²) in [5.41, 5.74) is 6.82. The van der Waals surface area contributed by atoms with E-state index in [2.05, 4.69) is 10.6 Å². The van der Waals surface area contributed by atoms with Crippen molar-refractivity contribution in [3.63, 3.8) is 0 Å². The number of benzene rings is 2. The van der Waals surface area contributed by atoms with Crippen molar-refractivity contribution >= 4 is 17.9 Å². The molecule has 1 atom stereocenters. The zero-order chi connectivity index (χ0) is 20.4. The molecule has 3 amide bonds. The van der Waals surface area contributed by atoms with Crippen LogP contribution in [0.5, 0.6) is 5.75 Å². The lowest BCUT2D eigenvalue weighted by molar-refractivity contribution is -0.127. The van der Waals surface area contributed by atoms with Gasteiger partial charge in [-0.15, -0.1) is 0 Å². The van der Waals surface area contributed by atoms with E-state index in [1.165, 1.54) is 0 Å². The minimum absolute atomic E-state index is 0.0451. The van der Waals surface area contributed by atoms with Crippen molar-refractivity contribution in [2.45, 2.75) is 25.6 Å². The molecule has 8 nitrogen and oxygen atoms in total. The third-order valence-corrected chi connectivity index (χ3v) is 3.85. The van der Waals surface area contributed by atoms with Gasteiger partial charge in [-0.3, -0.25) is 9.59 Å². The van der Waals surface area contributed by atoms with Crippen LogP contribution in [0.3, 0.4) is 0 Å². The second-order valence-corrected chi connectivity index (χ2v) is 5.99. The summed E-state index contributed by atoms with van der Waals surface area (Å²) in [5, 5.41) is 5.04. The Balaban J connectivity index is 1.88. The molecule has 2 aromatic carbocycles. The molecule has 0 saturated heterocycles. The summed E-state index contributed by atoms with van der Waals surface area (Å²) >= 11 is 0. The van der Waals surface area contributed by atoms with Gasteiger partial charge in [0.15, 0.2) is 0 Å². The first-order valence-corrected chi connectivity index (χ1v) is 8.64. The topological polar surface area (TPSA) is 120 Å². The quantitative estimate of drug-likeness (QED) is 0.604. The Bertz CT molecular complexity index is 793. The Morgan fingerprint density at radius 1 is 1.00 bits per heavy atom. The Morgan fingerprint density at radius 2 is 1.68 bits per heavy atom. The molecule has 0 fully saturated rings. The third-order valence-electron chi connectivity index (χ3n) is 3.85. The van der Waals surface area contributed by atoms with Gasteiger partial charge < -0.3 is 25.8 Å². The van der Waals surface area contributed by atoms with Crippen LogP contribution < -0.4 is 21.1 Å². The molecule has 28 heavy (non-hydrogen) atoms. The molecule has 4 N–H and O–H groups in total. The van der Waals surface area contributed by atoms with Gasteiger partial charge in [0.05, 0.1) is 13.5 Å². The van der Waals surface area contributed by atoms with E-state index in [9.17, 15) is 14.4 Å². The summed E-state index contributed by atoms with van der Waals surface area (Å²) in [5.74, 6) is -0.552.